The van der Waals surface area contributed by atoms with Crippen molar-refractivity contribution < 1.29 is 53.0 Å². The van der Waals surface area contributed by atoms with E-state index in [0.717, 1.165) is 17.5 Å². The first kappa shape index (κ1) is 77.5. The van der Waals surface area contributed by atoms with Crippen LogP contribution in [0.1, 0.15) is 149 Å². The van der Waals surface area contributed by atoms with Crippen LogP contribution in [0.3, 0.4) is 0 Å². The predicted octanol–water partition coefficient (Wildman–Crippen LogP) is 8.70. The Morgan fingerprint density at radius 1 is 0.723 bits per heavy atom. The molecule has 5 rings (SSSR count). The van der Waals surface area contributed by atoms with Gasteiger partial charge < -0.3 is 46.2 Å². The summed E-state index contributed by atoms with van der Waals surface area (Å²) in [5.41, 5.74) is 9.25. The van der Waals surface area contributed by atoms with Crippen molar-refractivity contribution in [2.45, 2.75) is 188 Å². The lowest BCUT2D eigenvalue weighted by atomic mass is 9.83. The number of anilines is 1. The Kier molecular flexibility index (Phi) is 32.2. The van der Waals surface area contributed by atoms with Gasteiger partial charge in [0.25, 0.3) is 5.91 Å². The average Bonchev–Trinajstić information content (AvgIpc) is 1.33. The maximum absolute atomic E-state index is 14.7. The van der Waals surface area contributed by atoms with Crippen molar-refractivity contribution in [3.63, 3.8) is 0 Å². The van der Waals surface area contributed by atoms with Crippen LogP contribution < -0.4 is 21.7 Å². The van der Waals surface area contributed by atoms with Crippen molar-refractivity contribution in [1.82, 2.24) is 30.2 Å². The number of benzene rings is 3. The highest BCUT2D eigenvalue weighted by molar-refractivity contribution is 5.98. The second-order valence-electron chi connectivity index (χ2n) is 27.1. The number of ether oxygens (including phenoxy) is 1. The summed E-state index contributed by atoms with van der Waals surface area (Å²) in [6.45, 7) is 18.5. The number of methoxy groups -OCH3 is 1. The second-order valence-corrected chi connectivity index (χ2v) is 27.1. The van der Waals surface area contributed by atoms with Gasteiger partial charge in [-0.25, -0.2) is 0 Å². The highest BCUT2D eigenvalue weighted by atomic mass is 16.5. The third-order valence-electron chi connectivity index (χ3n) is 19.2. The third-order valence-corrected chi connectivity index (χ3v) is 19.2. The number of Topliss-reactive ketones (excluding diaryl/α,β-unsaturated/α-hetero) is 3. The second kappa shape index (κ2) is 39.0. The number of aliphatic hydroxyl groups is 1. The van der Waals surface area contributed by atoms with E-state index >= 15 is 0 Å². The maximum atomic E-state index is 14.7. The molecule has 0 spiro atoms. The minimum atomic E-state index is -0.967. The van der Waals surface area contributed by atoms with Gasteiger partial charge in [0.15, 0.2) is 11.6 Å². The van der Waals surface area contributed by atoms with E-state index in [9.17, 15) is 48.3 Å². The molecule has 19 nitrogen and oxygen atoms in total. The number of nitrogens with two attached hydrogens (primary N) is 1. The molecule has 6 amide bonds. The highest BCUT2D eigenvalue weighted by Crippen LogP contribution is 2.33. The van der Waals surface area contributed by atoms with E-state index in [1.54, 1.807) is 66.1 Å². The molecule has 2 aliphatic heterocycles. The maximum Gasteiger partial charge on any atom is 0.251 e. The Hall–Kier alpha value is -7.19. The predicted molar refractivity (Wildman–Crippen MR) is 369 cm³/mol. The zero-order valence-electron chi connectivity index (χ0n) is 58.0. The SMILES string of the molecule is C=C1C=CC(=O)N1CCCCCC(=O)C[C@@H](Cc1ccccc1)C(=O)N[C@@H](CCCCN)C(=O)Nc1ccc(CC(=O)[C@H](Cc2ccccc2)NC(=O)[C@H](C)[C@@H](CO)[C@@H]2CCCN2C(=O)C[C@@H](OC)[C@H]([C@@H](C)CC)N(C)C(=O)[C@@H](CC(=O)C(C(C)C)N(C)C)C(C)C)cc1. The fourth-order valence-electron chi connectivity index (χ4n) is 13.6. The molecular weight excluding hydrogens is 1190 g/mol. The molecule has 1 fully saturated rings. The Morgan fingerprint density at radius 3 is 1.93 bits per heavy atom. The van der Waals surface area contributed by atoms with E-state index in [4.69, 9.17) is 10.5 Å². The summed E-state index contributed by atoms with van der Waals surface area (Å²) >= 11 is 0. The number of hydrogen-bond donors (Lipinski definition) is 5. The molecule has 0 bridgehead atoms. The molecule has 0 aromatic heterocycles. The lowest BCUT2D eigenvalue weighted by Gasteiger charge is -2.41. The number of aliphatic hydroxyl groups excluding tert-OH is 1. The smallest absolute Gasteiger partial charge is 0.251 e. The number of nitrogens with zero attached hydrogens (tertiary/aromatic N) is 4. The van der Waals surface area contributed by atoms with E-state index < -0.39 is 78.3 Å². The van der Waals surface area contributed by atoms with Crippen LogP contribution >= 0.6 is 0 Å². The molecule has 3 aromatic carbocycles. The largest absolute Gasteiger partial charge is 0.396 e. The van der Waals surface area contributed by atoms with Crippen molar-refractivity contribution in [3.05, 3.63) is 126 Å². The normalized spacial score (nSPS) is 17.3. The summed E-state index contributed by atoms with van der Waals surface area (Å²) in [5, 5.41) is 20.1. The highest BCUT2D eigenvalue weighted by Gasteiger charge is 2.44. The molecule has 6 N–H and O–H groups in total. The fraction of sp³-hybridized carbons (Fsp3) is 0.587. The first-order valence-corrected chi connectivity index (χ1v) is 34.2. The van der Waals surface area contributed by atoms with E-state index in [0.29, 0.717) is 94.4 Å². The Bertz CT molecular complexity index is 2960. The van der Waals surface area contributed by atoms with Gasteiger partial charge in [-0.05, 0) is 131 Å². The van der Waals surface area contributed by atoms with Gasteiger partial charge in [-0.3, -0.25) is 48.1 Å². The molecule has 3 aromatic rings. The Balaban J connectivity index is 1.25. The summed E-state index contributed by atoms with van der Waals surface area (Å²) in [6.07, 6.45) is 8.60. The van der Waals surface area contributed by atoms with Gasteiger partial charge in [0.1, 0.15) is 11.8 Å². The Labute approximate surface area is 559 Å². The molecule has 516 valence electrons. The van der Waals surface area contributed by atoms with Crippen LogP contribution in [-0.4, -0.2) is 168 Å². The zero-order valence-corrected chi connectivity index (χ0v) is 58.0. The van der Waals surface area contributed by atoms with Crippen LogP contribution in [0.15, 0.2) is 109 Å². The molecule has 2 aliphatic rings. The van der Waals surface area contributed by atoms with E-state index in [2.05, 4.69) is 22.5 Å². The van der Waals surface area contributed by atoms with E-state index in [1.807, 2.05) is 121 Å². The van der Waals surface area contributed by atoms with Crippen LogP contribution in [0.4, 0.5) is 5.69 Å². The molecule has 1 saturated heterocycles. The summed E-state index contributed by atoms with van der Waals surface area (Å²) in [6, 6.07) is 22.3. The average molecular weight is 1300 g/mol. The number of carbonyl (C=O) groups excluding carboxylic acids is 9. The van der Waals surface area contributed by atoms with Gasteiger partial charge in [-0.1, -0.05) is 141 Å². The minimum Gasteiger partial charge on any atom is -0.396 e. The third kappa shape index (κ3) is 23.0. The standard InChI is InChI=1S/C75H110N8O11/c1-13-51(6)71(81(11)75(93)60(49(2)3)46-66(87)70(50(4)5)80(9)10)67(94-12)47-69(89)83-41-25-32-64(83)61(48-84)53(8)72(90)79-63(43-55-28-19-15-20-29-55)65(86)44-56-34-36-58(37-35-56)77-74(92)62(31-22-23-39-76)78-73(91)57(42-54-26-17-14-18-27-54)45-59(85)30-21-16-24-40-82-52(7)33-38-68(82)88/h14-15,17-20,26-29,33-38,49-51,53,57,60-64,67,70-71,84H,7,13,16,21-25,30-32,39-48,76H2,1-6,8-12H3,(H,77,92)(H,78,91)(H,79,90)/t51-,53+,57+,60-,61+,62-,63-,64-,67+,70?,71-/m0/s1. The molecule has 1 unspecified atom stereocenters. The lowest BCUT2D eigenvalue weighted by molar-refractivity contribution is -0.148. The first-order chi connectivity index (χ1) is 44.8. The lowest BCUT2D eigenvalue weighted by Crippen LogP contribution is -2.54. The van der Waals surface area contributed by atoms with Crippen LogP contribution in [0, 0.1) is 41.4 Å². The quantitative estimate of drug-likeness (QED) is 0.0333. The van der Waals surface area contributed by atoms with Crippen molar-refractivity contribution >= 4 is 58.5 Å². The summed E-state index contributed by atoms with van der Waals surface area (Å²) in [5.74, 6) is -5.11. The molecule has 0 saturated carbocycles. The van der Waals surface area contributed by atoms with Gasteiger partial charge in [-0.15, -0.1) is 0 Å². The number of nitrogens with one attached hydrogen (secondary N) is 3. The number of amides is 6. The fourth-order valence-corrected chi connectivity index (χ4v) is 13.6. The van der Waals surface area contributed by atoms with Crippen molar-refractivity contribution in [3.8, 4) is 0 Å². The summed E-state index contributed by atoms with van der Waals surface area (Å²) < 4.78 is 6.13. The number of rotatable bonds is 42. The first-order valence-electron chi connectivity index (χ1n) is 34.2. The van der Waals surface area contributed by atoms with Crippen LogP contribution in [-0.2, 0) is 67.2 Å². The van der Waals surface area contributed by atoms with Crippen molar-refractivity contribution in [2.24, 2.45) is 47.2 Å². The van der Waals surface area contributed by atoms with Gasteiger partial charge in [-0.2, -0.15) is 0 Å². The molecule has 19 heteroatoms. The number of unbranched alkanes of at least 4 members (excludes halogenated alkanes) is 3. The van der Waals surface area contributed by atoms with E-state index in [-0.39, 0.29) is 97.4 Å². The van der Waals surface area contributed by atoms with Crippen LogP contribution in [0.25, 0.3) is 0 Å². The van der Waals surface area contributed by atoms with Crippen molar-refractivity contribution in [2.75, 3.05) is 59.8 Å². The molecule has 11 atom stereocenters. The van der Waals surface area contributed by atoms with Gasteiger partial charge in [0.05, 0.1) is 30.7 Å². The minimum absolute atomic E-state index is 0.00662. The Morgan fingerprint density at radius 2 is 1.36 bits per heavy atom. The van der Waals surface area contributed by atoms with E-state index in [1.165, 1.54) is 6.08 Å². The zero-order chi connectivity index (χ0) is 69.2. The topological polar surface area (TPSA) is 258 Å². The molecule has 2 heterocycles. The number of hydrogen-bond acceptors (Lipinski definition) is 13. The number of likely N-dealkylation sites (N-methyl/N-ethyl adjacent to an activating group) is 2. The molecule has 0 radical (unpaired) electrons. The number of ketones is 3. The number of likely N-dealkylation sites (tertiary alicyclic amines) is 1. The van der Waals surface area contributed by atoms with Crippen molar-refractivity contribution in [1.29, 1.82) is 0 Å². The number of allylic oxidation sites excluding steroid dienone is 1. The van der Waals surface area contributed by atoms with Gasteiger partial charge in [0, 0.05) is 107 Å². The molecular formula is C75H110N8O11. The van der Waals surface area contributed by atoms with Crippen LogP contribution in [0.2, 0.25) is 0 Å². The van der Waals surface area contributed by atoms with Crippen LogP contribution in [0.5, 0.6) is 0 Å². The van der Waals surface area contributed by atoms with Gasteiger partial charge in [0.2, 0.25) is 29.5 Å². The van der Waals surface area contributed by atoms with Gasteiger partial charge >= 0.3 is 0 Å². The molecule has 0 aliphatic carbocycles. The molecule has 94 heavy (non-hydrogen) atoms. The summed E-state index contributed by atoms with van der Waals surface area (Å²) in [4.78, 5) is 133. The summed E-state index contributed by atoms with van der Waals surface area (Å²) in [7, 11) is 7.04. The number of carbonyl (C=O) groups is 9. The monoisotopic (exact) mass is 1300 g/mol.